The van der Waals surface area contributed by atoms with E-state index >= 15 is 0 Å². The van der Waals surface area contributed by atoms with Gasteiger partial charge in [0.15, 0.2) is 0 Å². The molecule has 94 valence electrons. The molecule has 1 aromatic carbocycles. The summed E-state index contributed by atoms with van der Waals surface area (Å²) in [7, 11) is 0. The summed E-state index contributed by atoms with van der Waals surface area (Å²) in [4.78, 5) is 0. The summed E-state index contributed by atoms with van der Waals surface area (Å²) in [5, 5.41) is 12.0. The van der Waals surface area contributed by atoms with Crippen LogP contribution in [-0.2, 0) is 19.3 Å². The summed E-state index contributed by atoms with van der Waals surface area (Å²) in [6, 6.07) is 6.98. The largest absolute Gasteiger partial charge is 0.396 e. The van der Waals surface area contributed by atoms with Crippen LogP contribution in [0.5, 0.6) is 0 Å². The second kappa shape index (κ2) is 6.77. The van der Waals surface area contributed by atoms with Crippen molar-refractivity contribution in [1.29, 1.82) is 0 Å². The average Bonchev–Trinajstić information content (AvgIpc) is 2.38. The number of nitrogens with one attached hydrogen (secondary N) is 1. The fourth-order valence-electron chi connectivity index (χ4n) is 2.50. The van der Waals surface area contributed by atoms with Crippen molar-refractivity contribution in [2.45, 2.75) is 38.5 Å². The molecule has 17 heavy (non-hydrogen) atoms. The van der Waals surface area contributed by atoms with Gasteiger partial charge in [-0.25, -0.2) is 0 Å². The number of aryl methyl sites for hydroxylation is 2. The highest BCUT2D eigenvalue weighted by atomic mass is 16.3. The molecule has 0 radical (unpaired) electrons. The summed E-state index contributed by atoms with van der Waals surface area (Å²) < 4.78 is 0. The molecule has 1 aliphatic rings. The minimum Gasteiger partial charge on any atom is -0.396 e. The monoisotopic (exact) mass is 233 g/mol. The minimum absolute atomic E-state index is 0.284. The summed E-state index contributed by atoms with van der Waals surface area (Å²) >= 11 is 0. The number of hydrogen-bond donors (Lipinski definition) is 2. The van der Waals surface area contributed by atoms with Gasteiger partial charge in [0.25, 0.3) is 0 Å². The van der Waals surface area contributed by atoms with Crippen LogP contribution in [0.4, 0.5) is 0 Å². The van der Waals surface area contributed by atoms with Gasteiger partial charge in [-0.15, -0.1) is 0 Å². The molecular weight excluding hydrogens is 210 g/mol. The lowest BCUT2D eigenvalue weighted by atomic mass is 9.90. The number of benzene rings is 1. The molecule has 0 saturated heterocycles. The van der Waals surface area contributed by atoms with Crippen LogP contribution in [0.15, 0.2) is 18.2 Å². The van der Waals surface area contributed by atoms with Gasteiger partial charge in [-0.05, 0) is 68.3 Å². The molecule has 0 unspecified atom stereocenters. The third kappa shape index (κ3) is 3.83. The smallest absolute Gasteiger partial charge is 0.0443 e. The van der Waals surface area contributed by atoms with Crippen LogP contribution in [0, 0.1) is 0 Å². The van der Waals surface area contributed by atoms with Crippen molar-refractivity contribution in [2.75, 3.05) is 19.7 Å². The zero-order valence-electron chi connectivity index (χ0n) is 10.5. The first-order chi connectivity index (χ1) is 8.40. The van der Waals surface area contributed by atoms with Crippen LogP contribution < -0.4 is 5.32 Å². The molecule has 0 atom stereocenters. The maximum absolute atomic E-state index is 8.68. The number of rotatable bonds is 6. The van der Waals surface area contributed by atoms with Crippen LogP contribution in [0.2, 0.25) is 0 Å². The third-order valence-corrected chi connectivity index (χ3v) is 3.52. The fraction of sp³-hybridized carbons (Fsp3) is 0.600. The van der Waals surface area contributed by atoms with E-state index in [1.165, 1.54) is 31.2 Å². The molecule has 1 aromatic rings. The predicted molar refractivity (Wildman–Crippen MR) is 71.4 cm³/mol. The topological polar surface area (TPSA) is 32.3 Å². The van der Waals surface area contributed by atoms with Crippen LogP contribution in [0.3, 0.4) is 0 Å². The Morgan fingerprint density at radius 3 is 2.71 bits per heavy atom. The Morgan fingerprint density at radius 1 is 1.06 bits per heavy atom. The van der Waals surface area contributed by atoms with E-state index < -0.39 is 0 Å². The van der Waals surface area contributed by atoms with Crippen LogP contribution in [0.1, 0.15) is 36.0 Å². The Labute approximate surface area is 104 Å². The molecule has 2 heteroatoms. The van der Waals surface area contributed by atoms with E-state index in [-0.39, 0.29) is 6.61 Å². The first-order valence-electron chi connectivity index (χ1n) is 6.82. The lowest BCUT2D eigenvalue weighted by molar-refractivity contribution is 0.286. The molecule has 0 spiro atoms. The van der Waals surface area contributed by atoms with E-state index in [2.05, 4.69) is 23.5 Å². The van der Waals surface area contributed by atoms with Crippen molar-refractivity contribution in [1.82, 2.24) is 5.32 Å². The lowest BCUT2D eigenvalue weighted by Gasteiger charge is -2.16. The standard InChI is InChI=1S/C15H23NO/c17-11-3-9-16-10-8-13-6-7-14-4-1-2-5-15(14)12-13/h6-7,12,16-17H,1-5,8-11H2. The van der Waals surface area contributed by atoms with E-state index in [4.69, 9.17) is 5.11 Å². The number of fused-ring (bicyclic) bond motifs is 1. The molecule has 2 rings (SSSR count). The maximum atomic E-state index is 8.68. The highest BCUT2D eigenvalue weighted by Crippen LogP contribution is 2.22. The molecule has 0 fully saturated rings. The van der Waals surface area contributed by atoms with Gasteiger partial charge in [-0.1, -0.05) is 18.2 Å². The van der Waals surface area contributed by atoms with Gasteiger partial charge < -0.3 is 10.4 Å². The van der Waals surface area contributed by atoms with Crippen molar-refractivity contribution in [3.05, 3.63) is 34.9 Å². The highest BCUT2D eigenvalue weighted by Gasteiger charge is 2.08. The second-order valence-corrected chi connectivity index (χ2v) is 4.89. The number of aliphatic hydroxyl groups excluding tert-OH is 1. The van der Waals surface area contributed by atoms with Crippen molar-refractivity contribution in [2.24, 2.45) is 0 Å². The summed E-state index contributed by atoms with van der Waals surface area (Å²) in [6.45, 7) is 2.21. The van der Waals surface area contributed by atoms with Crippen LogP contribution in [0.25, 0.3) is 0 Å². The number of aliphatic hydroxyl groups is 1. The highest BCUT2D eigenvalue weighted by molar-refractivity contribution is 5.33. The van der Waals surface area contributed by atoms with Crippen molar-refractivity contribution >= 4 is 0 Å². The quantitative estimate of drug-likeness (QED) is 0.737. The normalized spacial score (nSPS) is 14.6. The van der Waals surface area contributed by atoms with Crippen LogP contribution in [-0.4, -0.2) is 24.8 Å². The molecule has 0 bridgehead atoms. The van der Waals surface area contributed by atoms with Crippen LogP contribution >= 0.6 is 0 Å². The first-order valence-corrected chi connectivity index (χ1v) is 6.82. The SMILES string of the molecule is OCCCNCCc1ccc2c(c1)CCCC2. The van der Waals surface area contributed by atoms with E-state index in [1.807, 2.05) is 0 Å². The molecule has 0 amide bonds. The van der Waals surface area contributed by atoms with Crippen molar-refractivity contribution in [3.8, 4) is 0 Å². The zero-order chi connectivity index (χ0) is 11.9. The zero-order valence-corrected chi connectivity index (χ0v) is 10.5. The minimum atomic E-state index is 0.284. The molecule has 0 heterocycles. The third-order valence-electron chi connectivity index (χ3n) is 3.52. The Balaban J connectivity index is 1.81. The molecular formula is C15H23NO. The predicted octanol–water partition coefficient (Wildman–Crippen LogP) is 2.08. The maximum Gasteiger partial charge on any atom is 0.0443 e. The molecule has 2 nitrogen and oxygen atoms in total. The van der Waals surface area contributed by atoms with Gasteiger partial charge in [-0.2, -0.15) is 0 Å². The Kier molecular flexibility index (Phi) is 5.02. The van der Waals surface area contributed by atoms with E-state index in [0.717, 1.165) is 25.9 Å². The molecule has 2 N–H and O–H groups in total. The van der Waals surface area contributed by atoms with Gasteiger partial charge in [0, 0.05) is 6.61 Å². The lowest BCUT2D eigenvalue weighted by Crippen LogP contribution is -2.19. The van der Waals surface area contributed by atoms with E-state index in [0.29, 0.717) is 0 Å². The number of hydrogen-bond acceptors (Lipinski definition) is 2. The van der Waals surface area contributed by atoms with E-state index in [9.17, 15) is 0 Å². The van der Waals surface area contributed by atoms with Crippen molar-refractivity contribution < 1.29 is 5.11 Å². The van der Waals surface area contributed by atoms with Gasteiger partial charge in [0.1, 0.15) is 0 Å². The Bertz CT molecular complexity index is 349. The Hall–Kier alpha value is -0.860. The molecule has 0 aliphatic heterocycles. The fourth-order valence-corrected chi connectivity index (χ4v) is 2.50. The molecule has 0 saturated carbocycles. The van der Waals surface area contributed by atoms with Gasteiger partial charge in [0.05, 0.1) is 0 Å². The summed E-state index contributed by atoms with van der Waals surface area (Å²) in [5.74, 6) is 0. The Morgan fingerprint density at radius 2 is 1.88 bits per heavy atom. The van der Waals surface area contributed by atoms with Gasteiger partial charge in [0.2, 0.25) is 0 Å². The van der Waals surface area contributed by atoms with Gasteiger partial charge >= 0.3 is 0 Å². The first kappa shape index (κ1) is 12.6. The summed E-state index contributed by atoms with van der Waals surface area (Å²) in [6.07, 6.45) is 7.19. The van der Waals surface area contributed by atoms with Crippen molar-refractivity contribution in [3.63, 3.8) is 0 Å². The average molecular weight is 233 g/mol. The second-order valence-electron chi connectivity index (χ2n) is 4.89. The van der Waals surface area contributed by atoms with E-state index in [1.54, 1.807) is 11.1 Å². The molecule has 1 aliphatic carbocycles. The van der Waals surface area contributed by atoms with Gasteiger partial charge in [-0.3, -0.25) is 0 Å². The molecule has 0 aromatic heterocycles. The summed E-state index contributed by atoms with van der Waals surface area (Å²) in [5.41, 5.74) is 4.58.